The van der Waals surface area contributed by atoms with Gasteiger partial charge < -0.3 is 4.74 Å². The summed E-state index contributed by atoms with van der Waals surface area (Å²) in [6.45, 7) is 0. The number of nitrogens with one attached hydrogen (secondary N) is 1. The molecule has 0 spiro atoms. The average molecular weight is 328 g/mol. The van der Waals surface area contributed by atoms with Gasteiger partial charge in [-0.1, -0.05) is 12.5 Å². The summed E-state index contributed by atoms with van der Waals surface area (Å²) in [7, 11) is -3.43. The maximum atomic E-state index is 11.4. The molecule has 7 nitrogen and oxygen atoms in total. The van der Waals surface area contributed by atoms with Gasteiger partial charge in [-0.05, 0) is 31.8 Å². The highest BCUT2D eigenvalue weighted by molar-refractivity contribution is 7.88. The van der Waals surface area contributed by atoms with Gasteiger partial charge in [-0.2, -0.15) is 0 Å². The number of ether oxygens (including phenoxy) is 1. The highest BCUT2D eigenvalue weighted by Gasteiger charge is 2.21. The largest absolute Gasteiger partial charge is 0.490 e. The minimum atomic E-state index is -3.43. The van der Waals surface area contributed by atoms with Crippen LogP contribution < -0.4 is 4.72 Å². The molecule has 1 N–H and O–H groups in total. The summed E-state index contributed by atoms with van der Waals surface area (Å²) >= 11 is 0. The highest BCUT2D eigenvalue weighted by atomic mass is 32.2. The summed E-state index contributed by atoms with van der Waals surface area (Å²) in [5.41, 5.74) is -0.125. The second-order valence-electron chi connectivity index (χ2n) is 5.55. The quantitative estimate of drug-likeness (QED) is 0.613. The lowest BCUT2D eigenvalue weighted by molar-refractivity contribution is -0.419. The summed E-state index contributed by atoms with van der Waals surface area (Å²) in [6.07, 6.45) is 11.9. The molecule has 2 rings (SSSR count). The van der Waals surface area contributed by atoms with Gasteiger partial charge in [0.1, 0.15) is 5.76 Å². The van der Waals surface area contributed by atoms with E-state index in [0.29, 0.717) is 5.76 Å². The zero-order valence-electron chi connectivity index (χ0n) is 12.4. The Bertz CT molecular complexity index is 615. The lowest BCUT2D eigenvalue weighted by Gasteiger charge is -2.23. The zero-order valence-corrected chi connectivity index (χ0v) is 13.2. The molecule has 0 aromatic rings. The number of nitro groups is 1. The Hall–Kier alpha value is -1.67. The number of hydrogen-bond acceptors (Lipinski definition) is 5. The molecular formula is C14H20N2O5S. The molecule has 1 saturated carbocycles. The van der Waals surface area contributed by atoms with E-state index in [2.05, 4.69) is 4.72 Å². The van der Waals surface area contributed by atoms with Crippen molar-refractivity contribution in [2.24, 2.45) is 0 Å². The maximum Gasteiger partial charge on any atom is 0.272 e. The van der Waals surface area contributed by atoms with Crippen LogP contribution in [-0.2, 0) is 14.8 Å². The first kappa shape index (κ1) is 16.7. The Kier molecular flexibility index (Phi) is 5.36. The molecule has 0 radical (unpaired) electrons. The standard InChI is InChI=1S/C14H20N2O5S/c1-22(19,20)15-11-7-8-12(16(17)18)10-14(9-11)21-13-5-3-2-4-6-13/h7-11,13,15H,2-6H2,1H3. The summed E-state index contributed by atoms with van der Waals surface area (Å²) in [5, 5.41) is 11.0. The lowest BCUT2D eigenvalue weighted by Crippen LogP contribution is -2.31. The van der Waals surface area contributed by atoms with E-state index >= 15 is 0 Å². The van der Waals surface area contributed by atoms with Crippen molar-refractivity contribution >= 4 is 10.0 Å². The Morgan fingerprint density at radius 2 is 2.00 bits per heavy atom. The first-order valence-electron chi connectivity index (χ1n) is 7.23. The van der Waals surface area contributed by atoms with E-state index in [-0.39, 0.29) is 11.8 Å². The van der Waals surface area contributed by atoms with Crippen LogP contribution >= 0.6 is 0 Å². The second-order valence-corrected chi connectivity index (χ2v) is 7.33. The fourth-order valence-electron chi connectivity index (χ4n) is 2.56. The van der Waals surface area contributed by atoms with Gasteiger partial charge in [-0.25, -0.2) is 13.1 Å². The third-order valence-electron chi connectivity index (χ3n) is 3.52. The predicted octanol–water partition coefficient (Wildman–Crippen LogP) is 1.87. The van der Waals surface area contributed by atoms with E-state index in [1.807, 2.05) is 0 Å². The topological polar surface area (TPSA) is 98.5 Å². The Labute approximate surface area is 129 Å². The van der Waals surface area contributed by atoms with Crippen molar-refractivity contribution in [1.29, 1.82) is 0 Å². The van der Waals surface area contributed by atoms with E-state index in [0.717, 1.165) is 31.9 Å². The molecule has 0 amide bonds. The zero-order chi connectivity index (χ0) is 16.2. The number of allylic oxidation sites excluding steroid dienone is 2. The van der Waals surface area contributed by atoms with Crippen LogP contribution in [0, 0.1) is 10.1 Å². The number of rotatable bonds is 5. The van der Waals surface area contributed by atoms with Crippen LogP contribution in [0.25, 0.3) is 0 Å². The SMILES string of the molecule is CS(=O)(=O)NC1C=CC([N+](=O)[O-])=CC(OC2CCCCC2)=C1. The summed E-state index contributed by atoms with van der Waals surface area (Å²) in [5.74, 6) is 0.338. The van der Waals surface area contributed by atoms with Crippen molar-refractivity contribution in [1.82, 2.24) is 4.72 Å². The van der Waals surface area contributed by atoms with Gasteiger partial charge in [0.25, 0.3) is 5.70 Å². The van der Waals surface area contributed by atoms with Gasteiger partial charge in [-0.3, -0.25) is 10.1 Å². The minimum absolute atomic E-state index is 0.0289. The first-order chi connectivity index (χ1) is 10.3. The molecule has 0 saturated heterocycles. The predicted molar refractivity (Wildman–Crippen MR) is 82.0 cm³/mol. The van der Waals surface area contributed by atoms with Gasteiger partial charge in [0.15, 0.2) is 0 Å². The normalized spacial score (nSPS) is 23.4. The van der Waals surface area contributed by atoms with E-state index in [1.165, 1.54) is 24.6 Å². The van der Waals surface area contributed by atoms with E-state index in [4.69, 9.17) is 4.74 Å². The van der Waals surface area contributed by atoms with E-state index in [1.54, 1.807) is 6.08 Å². The molecule has 2 aliphatic rings. The molecular weight excluding hydrogens is 308 g/mol. The Balaban J connectivity index is 2.19. The Morgan fingerprint density at radius 1 is 1.32 bits per heavy atom. The van der Waals surface area contributed by atoms with Crippen molar-refractivity contribution in [2.45, 2.75) is 44.2 Å². The summed E-state index contributed by atoms with van der Waals surface area (Å²) in [6, 6.07) is -0.665. The van der Waals surface area contributed by atoms with Gasteiger partial charge in [0, 0.05) is 6.08 Å². The summed E-state index contributed by atoms with van der Waals surface area (Å²) in [4.78, 5) is 10.5. The van der Waals surface area contributed by atoms with Crippen molar-refractivity contribution in [2.75, 3.05) is 6.26 Å². The fraction of sp³-hybridized carbons (Fsp3) is 0.571. The van der Waals surface area contributed by atoms with E-state index in [9.17, 15) is 18.5 Å². The van der Waals surface area contributed by atoms with E-state index < -0.39 is 21.0 Å². The van der Waals surface area contributed by atoms with Crippen LogP contribution in [0.5, 0.6) is 0 Å². The van der Waals surface area contributed by atoms with Gasteiger partial charge in [0.2, 0.25) is 10.0 Å². The molecule has 22 heavy (non-hydrogen) atoms. The average Bonchev–Trinajstić information content (AvgIpc) is 2.60. The fourth-order valence-corrected chi connectivity index (χ4v) is 3.20. The second kappa shape index (κ2) is 7.06. The first-order valence-corrected chi connectivity index (χ1v) is 9.13. The molecule has 8 heteroatoms. The number of hydrogen-bond donors (Lipinski definition) is 1. The monoisotopic (exact) mass is 328 g/mol. The Morgan fingerprint density at radius 3 is 2.59 bits per heavy atom. The van der Waals surface area contributed by atoms with Crippen molar-refractivity contribution in [3.63, 3.8) is 0 Å². The molecule has 0 aromatic heterocycles. The van der Waals surface area contributed by atoms with Crippen LogP contribution in [0.15, 0.2) is 35.8 Å². The lowest BCUT2D eigenvalue weighted by atomic mass is 9.98. The third-order valence-corrected chi connectivity index (χ3v) is 4.22. The molecule has 0 aromatic carbocycles. The molecule has 1 atom stereocenters. The van der Waals surface area contributed by atoms with Crippen LogP contribution in [0.3, 0.4) is 0 Å². The van der Waals surface area contributed by atoms with Crippen LogP contribution in [0.2, 0.25) is 0 Å². The third kappa shape index (κ3) is 5.27. The highest BCUT2D eigenvalue weighted by Crippen LogP contribution is 2.24. The van der Waals surface area contributed by atoms with Crippen LogP contribution in [0.4, 0.5) is 0 Å². The molecule has 1 unspecified atom stereocenters. The summed E-state index contributed by atoms with van der Waals surface area (Å²) < 4.78 is 31.0. The number of nitrogens with zero attached hydrogens (tertiary/aromatic N) is 1. The minimum Gasteiger partial charge on any atom is -0.490 e. The number of sulfonamides is 1. The van der Waals surface area contributed by atoms with Gasteiger partial charge >= 0.3 is 0 Å². The van der Waals surface area contributed by atoms with Crippen molar-refractivity contribution in [3.05, 3.63) is 45.9 Å². The molecule has 1 fully saturated rings. The molecule has 0 heterocycles. The van der Waals surface area contributed by atoms with Gasteiger partial charge in [-0.15, -0.1) is 0 Å². The van der Waals surface area contributed by atoms with Crippen molar-refractivity contribution < 1.29 is 18.1 Å². The van der Waals surface area contributed by atoms with Gasteiger partial charge in [0.05, 0.1) is 29.4 Å². The smallest absolute Gasteiger partial charge is 0.272 e. The van der Waals surface area contributed by atoms with Crippen LogP contribution in [0.1, 0.15) is 32.1 Å². The van der Waals surface area contributed by atoms with Crippen LogP contribution in [-0.4, -0.2) is 31.7 Å². The molecule has 122 valence electrons. The van der Waals surface area contributed by atoms with Crippen molar-refractivity contribution in [3.8, 4) is 0 Å². The molecule has 0 aliphatic heterocycles. The molecule has 2 aliphatic carbocycles. The molecule has 0 bridgehead atoms. The maximum absolute atomic E-state index is 11.4.